The van der Waals surface area contributed by atoms with Gasteiger partial charge in [0.15, 0.2) is 0 Å². The van der Waals surface area contributed by atoms with Crippen molar-refractivity contribution >= 4 is 11.8 Å². The molecule has 7 heteroatoms. The van der Waals surface area contributed by atoms with E-state index in [0.29, 0.717) is 6.54 Å². The number of rotatable bonds is 3. The van der Waals surface area contributed by atoms with Crippen LogP contribution in [0.25, 0.3) is 0 Å². The van der Waals surface area contributed by atoms with Crippen molar-refractivity contribution in [3.63, 3.8) is 0 Å². The fourth-order valence-corrected chi connectivity index (χ4v) is 3.04. The van der Waals surface area contributed by atoms with Crippen LogP contribution in [0.15, 0.2) is 18.3 Å². The van der Waals surface area contributed by atoms with Crippen LogP contribution in [-0.4, -0.2) is 80.3 Å². The summed E-state index contributed by atoms with van der Waals surface area (Å²) in [6, 6.07) is 4.07. The lowest BCUT2D eigenvalue weighted by Gasteiger charge is -2.27. The SMILES string of the molecule is CN1CCCN(C(=O)NCc2ccc(N3CCOCC3)nc2)CC1. The van der Waals surface area contributed by atoms with Gasteiger partial charge in [0.2, 0.25) is 0 Å². The topological polar surface area (TPSA) is 60.9 Å². The largest absolute Gasteiger partial charge is 0.378 e. The molecule has 3 rings (SSSR count). The van der Waals surface area contributed by atoms with Gasteiger partial charge in [-0.05, 0) is 31.6 Å². The van der Waals surface area contributed by atoms with E-state index >= 15 is 0 Å². The Bertz CT molecular complexity index is 530. The summed E-state index contributed by atoms with van der Waals surface area (Å²) in [6.07, 6.45) is 2.88. The van der Waals surface area contributed by atoms with Crippen molar-refractivity contribution in [2.75, 3.05) is 64.4 Å². The second kappa shape index (κ2) is 8.30. The van der Waals surface area contributed by atoms with E-state index in [4.69, 9.17) is 4.74 Å². The summed E-state index contributed by atoms with van der Waals surface area (Å²) in [5.41, 5.74) is 1.02. The first-order valence-electron chi connectivity index (χ1n) is 8.71. The quantitative estimate of drug-likeness (QED) is 0.885. The maximum absolute atomic E-state index is 12.3. The van der Waals surface area contributed by atoms with Crippen LogP contribution < -0.4 is 10.2 Å². The van der Waals surface area contributed by atoms with Crippen LogP contribution in [-0.2, 0) is 11.3 Å². The average Bonchev–Trinajstić information content (AvgIpc) is 2.85. The molecule has 2 aliphatic heterocycles. The zero-order valence-electron chi connectivity index (χ0n) is 14.4. The fraction of sp³-hybridized carbons (Fsp3) is 0.647. The number of urea groups is 1. The third-order valence-electron chi connectivity index (χ3n) is 4.59. The normalized spacial score (nSPS) is 19.9. The number of amides is 2. The summed E-state index contributed by atoms with van der Waals surface area (Å²) in [6.45, 7) is 7.39. The Hall–Kier alpha value is -1.86. The van der Waals surface area contributed by atoms with Gasteiger partial charge < -0.3 is 24.8 Å². The van der Waals surface area contributed by atoms with Crippen LogP contribution in [0.5, 0.6) is 0 Å². The molecule has 1 N–H and O–H groups in total. The molecular weight excluding hydrogens is 306 g/mol. The number of aromatic nitrogens is 1. The number of ether oxygens (including phenoxy) is 1. The van der Waals surface area contributed by atoms with Crippen LogP contribution in [0.2, 0.25) is 0 Å². The smallest absolute Gasteiger partial charge is 0.317 e. The number of hydrogen-bond acceptors (Lipinski definition) is 5. The highest BCUT2D eigenvalue weighted by atomic mass is 16.5. The molecule has 0 unspecified atom stereocenters. The van der Waals surface area contributed by atoms with Gasteiger partial charge in [-0.25, -0.2) is 9.78 Å². The number of nitrogens with zero attached hydrogens (tertiary/aromatic N) is 4. The highest BCUT2D eigenvalue weighted by Gasteiger charge is 2.17. The monoisotopic (exact) mass is 333 g/mol. The van der Waals surface area contributed by atoms with Crippen molar-refractivity contribution in [3.8, 4) is 0 Å². The molecule has 2 saturated heterocycles. The molecule has 0 atom stereocenters. The molecule has 0 aromatic carbocycles. The lowest BCUT2D eigenvalue weighted by atomic mass is 10.2. The number of anilines is 1. The van der Waals surface area contributed by atoms with Gasteiger partial charge in [-0.1, -0.05) is 6.07 Å². The van der Waals surface area contributed by atoms with E-state index in [1.165, 1.54) is 0 Å². The van der Waals surface area contributed by atoms with Crippen LogP contribution in [0.3, 0.4) is 0 Å². The van der Waals surface area contributed by atoms with Crippen molar-refractivity contribution in [2.45, 2.75) is 13.0 Å². The Labute approximate surface area is 143 Å². The highest BCUT2D eigenvalue weighted by Crippen LogP contribution is 2.13. The number of hydrogen-bond donors (Lipinski definition) is 1. The van der Waals surface area contributed by atoms with Crippen molar-refractivity contribution < 1.29 is 9.53 Å². The van der Waals surface area contributed by atoms with Crippen molar-refractivity contribution in [3.05, 3.63) is 23.9 Å². The van der Waals surface area contributed by atoms with E-state index in [1.807, 2.05) is 23.2 Å². The molecule has 7 nitrogen and oxygen atoms in total. The molecule has 1 aromatic heterocycles. The Morgan fingerprint density at radius 2 is 2.00 bits per heavy atom. The zero-order valence-corrected chi connectivity index (χ0v) is 14.4. The average molecular weight is 333 g/mol. The van der Waals surface area contributed by atoms with E-state index < -0.39 is 0 Å². The molecule has 0 saturated carbocycles. The van der Waals surface area contributed by atoms with E-state index in [1.54, 1.807) is 0 Å². The van der Waals surface area contributed by atoms with E-state index in [9.17, 15) is 4.79 Å². The molecule has 1 aromatic rings. The van der Waals surface area contributed by atoms with E-state index in [0.717, 1.165) is 70.3 Å². The summed E-state index contributed by atoms with van der Waals surface area (Å²) in [5, 5.41) is 3.01. The van der Waals surface area contributed by atoms with Crippen LogP contribution in [0.1, 0.15) is 12.0 Å². The van der Waals surface area contributed by atoms with Gasteiger partial charge >= 0.3 is 6.03 Å². The lowest BCUT2D eigenvalue weighted by Crippen LogP contribution is -2.41. The van der Waals surface area contributed by atoms with Gasteiger partial charge in [0, 0.05) is 45.5 Å². The molecule has 2 aliphatic rings. The second-order valence-electron chi connectivity index (χ2n) is 6.43. The van der Waals surface area contributed by atoms with E-state index in [-0.39, 0.29) is 6.03 Å². The van der Waals surface area contributed by atoms with Crippen molar-refractivity contribution in [1.82, 2.24) is 20.1 Å². The summed E-state index contributed by atoms with van der Waals surface area (Å²) >= 11 is 0. The predicted octanol–water partition coefficient (Wildman–Crippen LogP) is 0.765. The van der Waals surface area contributed by atoms with Crippen LogP contribution in [0.4, 0.5) is 10.6 Å². The van der Waals surface area contributed by atoms with Gasteiger partial charge in [0.25, 0.3) is 0 Å². The number of pyridine rings is 1. The number of carbonyl (C=O) groups is 1. The minimum absolute atomic E-state index is 0.0163. The molecule has 24 heavy (non-hydrogen) atoms. The summed E-state index contributed by atoms with van der Waals surface area (Å²) in [5.74, 6) is 0.976. The Kier molecular flexibility index (Phi) is 5.87. The third kappa shape index (κ3) is 4.58. The molecule has 3 heterocycles. The summed E-state index contributed by atoms with van der Waals surface area (Å²) in [7, 11) is 2.10. The van der Waals surface area contributed by atoms with E-state index in [2.05, 4.69) is 27.1 Å². The van der Waals surface area contributed by atoms with Crippen LogP contribution in [0, 0.1) is 0 Å². The lowest BCUT2D eigenvalue weighted by molar-refractivity contribution is 0.122. The molecule has 0 aliphatic carbocycles. The first-order chi connectivity index (χ1) is 11.7. The molecule has 0 bridgehead atoms. The molecule has 0 radical (unpaired) electrons. The molecular formula is C17H27N5O2. The van der Waals surface area contributed by atoms with Gasteiger partial charge in [-0.15, -0.1) is 0 Å². The van der Waals surface area contributed by atoms with Crippen LogP contribution >= 0.6 is 0 Å². The predicted molar refractivity (Wildman–Crippen MR) is 93.2 cm³/mol. The fourth-order valence-electron chi connectivity index (χ4n) is 3.04. The Morgan fingerprint density at radius 3 is 2.75 bits per heavy atom. The summed E-state index contributed by atoms with van der Waals surface area (Å²) in [4.78, 5) is 23.2. The van der Waals surface area contributed by atoms with Crippen molar-refractivity contribution in [2.24, 2.45) is 0 Å². The minimum atomic E-state index is 0.0163. The van der Waals surface area contributed by atoms with Gasteiger partial charge in [0.05, 0.1) is 13.2 Å². The first-order valence-corrected chi connectivity index (χ1v) is 8.71. The van der Waals surface area contributed by atoms with Crippen molar-refractivity contribution in [1.29, 1.82) is 0 Å². The zero-order chi connectivity index (χ0) is 16.8. The van der Waals surface area contributed by atoms with Gasteiger partial charge in [-0.3, -0.25) is 0 Å². The first kappa shape index (κ1) is 17.0. The maximum Gasteiger partial charge on any atom is 0.317 e. The van der Waals surface area contributed by atoms with Gasteiger partial charge in [0.1, 0.15) is 5.82 Å². The highest BCUT2D eigenvalue weighted by molar-refractivity contribution is 5.74. The van der Waals surface area contributed by atoms with Gasteiger partial charge in [-0.2, -0.15) is 0 Å². The number of carbonyl (C=O) groups excluding carboxylic acids is 1. The molecule has 2 amide bonds. The molecule has 132 valence electrons. The molecule has 0 spiro atoms. The molecule has 2 fully saturated rings. The number of likely N-dealkylation sites (N-methyl/N-ethyl adjacent to an activating group) is 1. The Morgan fingerprint density at radius 1 is 1.17 bits per heavy atom. The number of nitrogens with one attached hydrogen (secondary N) is 1. The maximum atomic E-state index is 12.3. The third-order valence-corrected chi connectivity index (χ3v) is 4.59. The number of morpholine rings is 1. The second-order valence-corrected chi connectivity index (χ2v) is 6.43. The Balaban J connectivity index is 1.48. The minimum Gasteiger partial charge on any atom is -0.378 e. The summed E-state index contributed by atoms with van der Waals surface area (Å²) < 4.78 is 5.36. The standard InChI is InChI=1S/C17H27N5O2/c1-20-5-2-6-22(8-7-20)17(23)19-14-15-3-4-16(18-13-15)21-9-11-24-12-10-21/h3-4,13H,2,5-12,14H2,1H3,(H,19,23).